The van der Waals surface area contributed by atoms with Gasteiger partial charge in [0.25, 0.3) is 0 Å². The first-order chi connectivity index (χ1) is 9.79. The maximum atomic E-state index is 12.8. The second-order valence-electron chi connectivity index (χ2n) is 6.26. The third-order valence-electron chi connectivity index (χ3n) is 4.88. The Morgan fingerprint density at radius 2 is 2.00 bits per heavy atom. The highest BCUT2D eigenvalue weighted by Gasteiger charge is 2.36. The van der Waals surface area contributed by atoms with E-state index in [0.717, 1.165) is 47.7 Å². The van der Waals surface area contributed by atoms with Crippen LogP contribution in [-0.2, 0) is 6.42 Å². The van der Waals surface area contributed by atoms with Crippen LogP contribution in [0.5, 0.6) is 5.75 Å². The molecule has 0 radical (unpaired) electrons. The topological polar surface area (TPSA) is 26.3 Å². The summed E-state index contributed by atoms with van der Waals surface area (Å²) in [6.07, 6.45) is 7.11. The molecule has 2 atom stereocenters. The van der Waals surface area contributed by atoms with Crippen LogP contribution in [0, 0.1) is 5.92 Å². The van der Waals surface area contributed by atoms with Crippen LogP contribution in [0.25, 0.3) is 0 Å². The fourth-order valence-corrected chi connectivity index (χ4v) is 5.69. The van der Waals surface area contributed by atoms with Crippen molar-refractivity contribution in [1.29, 1.82) is 0 Å². The first kappa shape index (κ1) is 12.8. The lowest BCUT2D eigenvalue weighted by Gasteiger charge is -2.38. The van der Waals surface area contributed by atoms with Crippen molar-refractivity contribution < 1.29 is 9.53 Å². The zero-order valence-electron chi connectivity index (χ0n) is 11.6. The number of rotatable bonds is 2. The van der Waals surface area contributed by atoms with E-state index in [1.165, 1.54) is 24.8 Å². The molecule has 3 aliphatic rings. The van der Waals surface area contributed by atoms with Gasteiger partial charge >= 0.3 is 0 Å². The molecule has 2 fully saturated rings. The number of hydrogen-bond acceptors (Lipinski definition) is 3. The molecule has 1 aromatic rings. The van der Waals surface area contributed by atoms with Gasteiger partial charge in [0, 0.05) is 28.4 Å². The van der Waals surface area contributed by atoms with Crippen LogP contribution < -0.4 is 4.74 Å². The molecular formula is C17H20O2S. The summed E-state index contributed by atoms with van der Waals surface area (Å²) >= 11 is 2.14. The third-order valence-corrected chi connectivity index (χ3v) is 6.50. The van der Waals surface area contributed by atoms with Gasteiger partial charge in [0.05, 0.1) is 6.61 Å². The molecule has 1 aromatic carbocycles. The minimum absolute atomic E-state index is 0.256. The predicted molar refractivity (Wildman–Crippen MR) is 81.7 cm³/mol. The lowest BCUT2D eigenvalue weighted by Crippen LogP contribution is -2.32. The SMILES string of the molecule is O=C(c1ccc2c(c1)CCO2)C1CC2CCCC(C1)S2. The average molecular weight is 288 g/mol. The van der Waals surface area contributed by atoms with E-state index in [2.05, 4.69) is 17.8 Å². The van der Waals surface area contributed by atoms with Gasteiger partial charge < -0.3 is 4.74 Å². The lowest BCUT2D eigenvalue weighted by molar-refractivity contribution is 0.0896. The fraction of sp³-hybridized carbons (Fsp3) is 0.588. The monoisotopic (exact) mass is 288 g/mol. The van der Waals surface area contributed by atoms with Crippen molar-refractivity contribution in [2.45, 2.75) is 49.0 Å². The van der Waals surface area contributed by atoms with Gasteiger partial charge in [-0.15, -0.1) is 0 Å². The molecule has 2 unspecified atom stereocenters. The Balaban J connectivity index is 1.55. The summed E-state index contributed by atoms with van der Waals surface area (Å²) in [6.45, 7) is 0.761. The highest BCUT2D eigenvalue weighted by atomic mass is 32.2. The second kappa shape index (κ2) is 5.10. The number of ether oxygens (including phenoxy) is 1. The maximum Gasteiger partial charge on any atom is 0.166 e. The Morgan fingerprint density at radius 3 is 2.80 bits per heavy atom. The molecule has 3 heterocycles. The third kappa shape index (κ3) is 2.26. The number of carbonyl (C=O) groups excluding carboxylic acids is 1. The summed E-state index contributed by atoms with van der Waals surface area (Å²) in [5.74, 6) is 1.60. The maximum absolute atomic E-state index is 12.8. The smallest absolute Gasteiger partial charge is 0.166 e. The second-order valence-corrected chi connectivity index (χ2v) is 7.87. The van der Waals surface area contributed by atoms with Crippen LogP contribution in [-0.4, -0.2) is 22.9 Å². The standard InChI is InChI=1S/C17H20O2S/c18-17(12-4-5-16-11(8-12)6-7-19-16)13-9-14-2-1-3-15(10-13)20-14/h4-5,8,13-15H,1-3,6-7,9-10H2. The number of Topliss-reactive ketones (excluding diaryl/α,β-unsaturated/α-hetero) is 1. The predicted octanol–water partition coefficient (Wildman–Crippen LogP) is 3.87. The van der Waals surface area contributed by atoms with Gasteiger partial charge in [-0.2, -0.15) is 11.8 Å². The molecule has 0 spiro atoms. The van der Waals surface area contributed by atoms with E-state index in [4.69, 9.17) is 4.74 Å². The minimum Gasteiger partial charge on any atom is -0.493 e. The van der Waals surface area contributed by atoms with Crippen molar-refractivity contribution in [2.75, 3.05) is 6.61 Å². The van der Waals surface area contributed by atoms with Crippen LogP contribution in [0.4, 0.5) is 0 Å². The summed E-state index contributed by atoms with van der Waals surface area (Å²) in [6, 6.07) is 6.01. The Hall–Kier alpha value is -0.960. The van der Waals surface area contributed by atoms with E-state index in [0.29, 0.717) is 5.78 Å². The summed E-state index contributed by atoms with van der Waals surface area (Å²) in [4.78, 5) is 12.8. The largest absolute Gasteiger partial charge is 0.493 e. The number of ketones is 1. The normalized spacial score (nSPS) is 31.5. The highest BCUT2D eigenvalue weighted by Crippen LogP contribution is 2.44. The first-order valence-electron chi connectivity index (χ1n) is 7.75. The molecule has 3 heteroatoms. The summed E-state index contributed by atoms with van der Waals surface area (Å²) < 4.78 is 5.52. The van der Waals surface area contributed by atoms with Crippen molar-refractivity contribution in [1.82, 2.24) is 0 Å². The van der Waals surface area contributed by atoms with E-state index in [1.54, 1.807) is 0 Å². The molecule has 2 saturated heterocycles. The summed E-state index contributed by atoms with van der Waals surface area (Å²) in [5.41, 5.74) is 2.12. The highest BCUT2D eigenvalue weighted by molar-refractivity contribution is 8.00. The van der Waals surface area contributed by atoms with Gasteiger partial charge in [-0.25, -0.2) is 0 Å². The van der Waals surface area contributed by atoms with Gasteiger partial charge in [0.1, 0.15) is 5.75 Å². The van der Waals surface area contributed by atoms with Crippen molar-refractivity contribution >= 4 is 17.5 Å². The lowest BCUT2D eigenvalue weighted by atomic mass is 9.84. The van der Waals surface area contributed by atoms with Gasteiger partial charge in [-0.1, -0.05) is 6.42 Å². The van der Waals surface area contributed by atoms with E-state index < -0.39 is 0 Å². The van der Waals surface area contributed by atoms with E-state index in [9.17, 15) is 4.79 Å². The van der Waals surface area contributed by atoms with Crippen LogP contribution in [0.1, 0.15) is 48.0 Å². The van der Waals surface area contributed by atoms with Crippen molar-refractivity contribution in [3.05, 3.63) is 29.3 Å². The molecule has 106 valence electrons. The van der Waals surface area contributed by atoms with Gasteiger partial charge in [-0.05, 0) is 49.4 Å². The molecule has 20 heavy (non-hydrogen) atoms. The van der Waals surface area contributed by atoms with Crippen molar-refractivity contribution in [2.24, 2.45) is 5.92 Å². The molecule has 2 bridgehead atoms. The zero-order valence-corrected chi connectivity index (χ0v) is 12.5. The summed E-state index contributed by atoms with van der Waals surface area (Å²) in [7, 11) is 0. The molecule has 0 N–H and O–H groups in total. The molecule has 0 aliphatic carbocycles. The number of hydrogen-bond donors (Lipinski definition) is 0. The Kier molecular flexibility index (Phi) is 3.25. The van der Waals surface area contributed by atoms with Gasteiger partial charge in [0.2, 0.25) is 0 Å². The zero-order chi connectivity index (χ0) is 13.5. The Bertz CT molecular complexity index is 528. The van der Waals surface area contributed by atoms with Crippen LogP contribution in [0.3, 0.4) is 0 Å². The van der Waals surface area contributed by atoms with E-state index in [1.807, 2.05) is 12.1 Å². The average Bonchev–Trinajstić information content (AvgIpc) is 2.93. The van der Waals surface area contributed by atoms with Crippen LogP contribution in [0.15, 0.2) is 18.2 Å². The molecular weight excluding hydrogens is 268 g/mol. The summed E-state index contributed by atoms with van der Waals surface area (Å²) in [5, 5.41) is 1.46. The van der Waals surface area contributed by atoms with E-state index >= 15 is 0 Å². The quantitative estimate of drug-likeness (QED) is 0.773. The first-order valence-corrected chi connectivity index (χ1v) is 8.69. The minimum atomic E-state index is 0.256. The molecule has 0 amide bonds. The van der Waals surface area contributed by atoms with Gasteiger partial charge in [-0.3, -0.25) is 4.79 Å². The fourth-order valence-electron chi connectivity index (χ4n) is 3.85. The number of thioether (sulfide) groups is 1. The molecule has 3 aliphatic heterocycles. The Morgan fingerprint density at radius 1 is 1.20 bits per heavy atom. The molecule has 0 saturated carbocycles. The molecule has 2 nitrogen and oxygen atoms in total. The number of benzene rings is 1. The van der Waals surface area contributed by atoms with E-state index in [-0.39, 0.29) is 5.92 Å². The van der Waals surface area contributed by atoms with Crippen LogP contribution >= 0.6 is 11.8 Å². The number of carbonyl (C=O) groups is 1. The van der Waals surface area contributed by atoms with Crippen LogP contribution in [0.2, 0.25) is 0 Å². The van der Waals surface area contributed by atoms with Crippen molar-refractivity contribution in [3.63, 3.8) is 0 Å². The Labute approximate surface area is 124 Å². The number of fused-ring (bicyclic) bond motifs is 3. The molecule has 4 rings (SSSR count). The molecule has 0 aromatic heterocycles. The van der Waals surface area contributed by atoms with Gasteiger partial charge in [0.15, 0.2) is 5.78 Å². The van der Waals surface area contributed by atoms with Crippen molar-refractivity contribution in [3.8, 4) is 5.75 Å².